The van der Waals surface area contributed by atoms with Crippen LogP contribution in [0.15, 0.2) is 18.2 Å². The summed E-state index contributed by atoms with van der Waals surface area (Å²) in [6.07, 6.45) is 2.91. The van der Waals surface area contributed by atoms with Crippen LogP contribution < -0.4 is 0 Å². The summed E-state index contributed by atoms with van der Waals surface area (Å²) in [4.78, 5) is 15.2. The van der Waals surface area contributed by atoms with E-state index in [0.717, 1.165) is 29.8 Å². The van der Waals surface area contributed by atoms with Gasteiger partial charge >= 0.3 is 5.97 Å². The molecule has 0 aliphatic heterocycles. The maximum absolute atomic E-state index is 11.7. The van der Waals surface area contributed by atoms with Crippen LogP contribution in [0.2, 0.25) is 5.02 Å². The van der Waals surface area contributed by atoms with E-state index in [2.05, 4.69) is 4.98 Å². The number of H-pyrrole nitrogens is 1. The van der Waals surface area contributed by atoms with Crippen LogP contribution in [0.5, 0.6) is 0 Å². The average molecular weight is 292 g/mol. The number of halogens is 1. The van der Waals surface area contributed by atoms with Gasteiger partial charge in [-0.25, -0.2) is 0 Å². The first-order chi connectivity index (χ1) is 9.60. The summed E-state index contributed by atoms with van der Waals surface area (Å²) in [5, 5.41) is 1.99. The number of aromatic amines is 1. The van der Waals surface area contributed by atoms with Crippen molar-refractivity contribution < 1.29 is 9.53 Å². The number of esters is 1. The number of hydrogen-bond donors (Lipinski definition) is 1. The zero-order chi connectivity index (χ0) is 14.3. The average Bonchev–Trinajstić information content (AvgIpc) is 2.82. The Morgan fingerprint density at radius 1 is 1.50 bits per heavy atom. The molecule has 0 radical (unpaired) electrons. The van der Waals surface area contributed by atoms with Crippen LogP contribution in [0.1, 0.15) is 24.6 Å². The summed E-state index contributed by atoms with van der Waals surface area (Å²) in [5.41, 5.74) is 3.73. The Morgan fingerprint density at radius 3 is 3.05 bits per heavy atom. The second-order valence-electron chi connectivity index (χ2n) is 5.59. The van der Waals surface area contributed by atoms with E-state index < -0.39 is 0 Å². The lowest BCUT2D eigenvalue weighted by atomic mass is 9.79. The summed E-state index contributed by atoms with van der Waals surface area (Å²) in [6.45, 7) is 1.96. The maximum atomic E-state index is 11.7. The molecule has 0 amide bonds. The highest BCUT2D eigenvalue weighted by Crippen LogP contribution is 2.35. The second kappa shape index (κ2) is 5.13. The highest BCUT2D eigenvalue weighted by Gasteiger charge is 2.30. The van der Waals surface area contributed by atoms with Crippen molar-refractivity contribution in [3.05, 3.63) is 34.5 Å². The van der Waals surface area contributed by atoms with Gasteiger partial charge in [0.05, 0.1) is 13.0 Å². The Hall–Kier alpha value is -1.48. The van der Waals surface area contributed by atoms with E-state index in [4.69, 9.17) is 16.3 Å². The molecule has 1 aliphatic rings. The fraction of sp³-hybridized carbons (Fsp3) is 0.438. The van der Waals surface area contributed by atoms with Gasteiger partial charge < -0.3 is 9.72 Å². The van der Waals surface area contributed by atoms with E-state index in [-0.39, 0.29) is 11.9 Å². The molecule has 2 atom stereocenters. The van der Waals surface area contributed by atoms with Gasteiger partial charge in [0.1, 0.15) is 0 Å². The standard InChI is InChI=1S/C16H18ClNO2/c1-9(16(19)20-2)10-3-5-12-13-8-11(17)4-6-14(13)18-15(12)7-10/h4,6,8-10,18H,3,5,7H2,1-2H3/t9-,10-/m1/s1. The summed E-state index contributed by atoms with van der Waals surface area (Å²) < 4.78 is 4.86. The lowest BCUT2D eigenvalue weighted by molar-refractivity contribution is -0.146. The molecule has 0 unspecified atom stereocenters. The van der Waals surface area contributed by atoms with Gasteiger partial charge in [-0.2, -0.15) is 0 Å². The molecule has 3 rings (SSSR count). The number of hydrogen-bond acceptors (Lipinski definition) is 2. The van der Waals surface area contributed by atoms with Gasteiger partial charge in [0.2, 0.25) is 0 Å². The number of fused-ring (bicyclic) bond motifs is 3. The number of methoxy groups -OCH3 is 1. The Bertz CT molecular complexity index is 662. The molecule has 0 saturated heterocycles. The van der Waals surface area contributed by atoms with E-state index in [1.54, 1.807) is 0 Å². The Kier molecular flexibility index (Phi) is 3.47. The Balaban J connectivity index is 1.92. The lowest BCUT2D eigenvalue weighted by Gasteiger charge is -2.26. The quantitative estimate of drug-likeness (QED) is 0.857. The zero-order valence-corrected chi connectivity index (χ0v) is 12.5. The van der Waals surface area contributed by atoms with E-state index in [1.807, 2.05) is 25.1 Å². The van der Waals surface area contributed by atoms with E-state index in [9.17, 15) is 4.79 Å². The molecule has 0 fully saturated rings. The highest BCUT2D eigenvalue weighted by molar-refractivity contribution is 6.31. The number of carbonyl (C=O) groups is 1. The summed E-state index contributed by atoms with van der Waals surface area (Å²) in [6, 6.07) is 5.95. The van der Waals surface area contributed by atoms with Crippen molar-refractivity contribution in [2.45, 2.75) is 26.2 Å². The maximum Gasteiger partial charge on any atom is 0.308 e. The molecule has 106 valence electrons. The fourth-order valence-corrected chi connectivity index (χ4v) is 3.41. The molecule has 1 aromatic carbocycles. The van der Waals surface area contributed by atoms with Gasteiger partial charge in [-0.05, 0) is 48.9 Å². The SMILES string of the molecule is COC(=O)[C@H](C)[C@@H]1CCc2c([nH]c3ccc(Cl)cc23)C1. The number of ether oxygens (including phenoxy) is 1. The molecule has 2 aromatic rings. The number of aryl methyl sites for hydroxylation is 1. The Labute approximate surface area is 123 Å². The van der Waals surface area contributed by atoms with Crippen molar-refractivity contribution in [1.29, 1.82) is 0 Å². The first-order valence-electron chi connectivity index (χ1n) is 6.97. The van der Waals surface area contributed by atoms with Crippen LogP contribution in [0, 0.1) is 11.8 Å². The molecule has 20 heavy (non-hydrogen) atoms. The monoisotopic (exact) mass is 291 g/mol. The van der Waals surface area contributed by atoms with Gasteiger partial charge in [0.15, 0.2) is 0 Å². The van der Waals surface area contributed by atoms with Gasteiger partial charge in [-0.1, -0.05) is 18.5 Å². The van der Waals surface area contributed by atoms with Crippen LogP contribution in [0.4, 0.5) is 0 Å². The lowest BCUT2D eigenvalue weighted by Crippen LogP contribution is -2.27. The largest absolute Gasteiger partial charge is 0.469 e. The number of rotatable bonds is 2. The van der Waals surface area contributed by atoms with E-state index in [0.29, 0.717) is 5.92 Å². The Morgan fingerprint density at radius 2 is 2.30 bits per heavy atom. The van der Waals surface area contributed by atoms with Gasteiger partial charge in [0.25, 0.3) is 0 Å². The third kappa shape index (κ3) is 2.20. The first kappa shape index (κ1) is 13.5. The molecule has 0 saturated carbocycles. The molecule has 1 aromatic heterocycles. The molecule has 4 heteroatoms. The first-order valence-corrected chi connectivity index (χ1v) is 7.34. The van der Waals surface area contributed by atoms with Crippen LogP contribution in [-0.4, -0.2) is 18.1 Å². The number of nitrogens with one attached hydrogen (secondary N) is 1. The summed E-state index contributed by atoms with van der Waals surface area (Å²) in [5.74, 6) is 0.180. The molecular weight excluding hydrogens is 274 g/mol. The van der Waals surface area contributed by atoms with E-state index >= 15 is 0 Å². The topological polar surface area (TPSA) is 42.1 Å². The zero-order valence-electron chi connectivity index (χ0n) is 11.7. The highest BCUT2D eigenvalue weighted by atomic mass is 35.5. The van der Waals surface area contributed by atoms with E-state index in [1.165, 1.54) is 23.8 Å². The van der Waals surface area contributed by atoms with Crippen molar-refractivity contribution in [3.63, 3.8) is 0 Å². The normalized spacial score (nSPS) is 19.6. The van der Waals surface area contributed by atoms with Crippen molar-refractivity contribution in [2.24, 2.45) is 11.8 Å². The second-order valence-corrected chi connectivity index (χ2v) is 6.02. The van der Waals surface area contributed by atoms with Gasteiger partial charge in [0, 0.05) is 21.6 Å². The number of benzene rings is 1. The predicted octanol–water partition coefficient (Wildman–Crippen LogP) is 3.74. The van der Waals surface area contributed by atoms with Crippen molar-refractivity contribution in [3.8, 4) is 0 Å². The molecule has 1 aliphatic carbocycles. The minimum absolute atomic E-state index is 0.0526. The number of aromatic nitrogens is 1. The van der Waals surface area contributed by atoms with Gasteiger partial charge in [-0.15, -0.1) is 0 Å². The number of carbonyl (C=O) groups excluding carboxylic acids is 1. The predicted molar refractivity (Wildman–Crippen MR) is 80.0 cm³/mol. The third-order valence-electron chi connectivity index (χ3n) is 4.47. The molecule has 3 nitrogen and oxygen atoms in total. The van der Waals surface area contributed by atoms with Crippen LogP contribution in [-0.2, 0) is 22.4 Å². The molecule has 1 N–H and O–H groups in total. The minimum Gasteiger partial charge on any atom is -0.469 e. The molecule has 1 heterocycles. The fourth-order valence-electron chi connectivity index (χ4n) is 3.23. The molecule has 0 spiro atoms. The summed E-state index contributed by atoms with van der Waals surface area (Å²) in [7, 11) is 1.46. The van der Waals surface area contributed by atoms with Crippen molar-refractivity contribution >= 4 is 28.5 Å². The summed E-state index contributed by atoms with van der Waals surface area (Å²) >= 11 is 6.08. The van der Waals surface area contributed by atoms with Crippen molar-refractivity contribution in [2.75, 3.05) is 7.11 Å². The minimum atomic E-state index is -0.113. The van der Waals surface area contributed by atoms with Crippen LogP contribution in [0.25, 0.3) is 10.9 Å². The molecular formula is C16H18ClNO2. The van der Waals surface area contributed by atoms with Crippen LogP contribution >= 0.6 is 11.6 Å². The molecule has 0 bridgehead atoms. The smallest absolute Gasteiger partial charge is 0.308 e. The van der Waals surface area contributed by atoms with Crippen LogP contribution in [0.3, 0.4) is 0 Å². The third-order valence-corrected chi connectivity index (χ3v) is 4.70. The van der Waals surface area contributed by atoms with Gasteiger partial charge in [-0.3, -0.25) is 4.79 Å². The van der Waals surface area contributed by atoms with Crippen molar-refractivity contribution in [1.82, 2.24) is 4.98 Å².